The summed E-state index contributed by atoms with van der Waals surface area (Å²) in [5.41, 5.74) is 3.90. The number of nitrogens with zero attached hydrogens (tertiary/aromatic N) is 5. The van der Waals surface area contributed by atoms with Crippen molar-refractivity contribution in [3.8, 4) is 0 Å². The summed E-state index contributed by atoms with van der Waals surface area (Å²) in [5.74, 6) is 1.23. The van der Waals surface area contributed by atoms with Crippen LogP contribution in [0.15, 0.2) is 47.4 Å². The van der Waals surface area contributed by atoms with Crippen molar-refractivity contribution in [3.63, 3.8) is 0 Å². The highest BCUT2D eigenvalue weighted by atomic mass is 16.5. The van der Waals surface area contributed by atoms with Gasteiger partial charge in [-0.1, -0.05) is 5.16 Å². The number of anilines is 4. The van der Waals surface area contributed by atoms with E-state index in [9.17, 15) is 0 Å². The number of fused-ring (bicyclic) bond motifs is 1. The largest absolute Gasteiger partial charge is 0.339 e. The molecule has 0 saturated heterocycles. The first kappa shape index (κ1) is 15.0. The molecule has 0 bridgehead atoms. The maximum atomic E-state index is 5.16. The molecule has 0 radical (unpaired) electrons. The average molecular weight is 333 g/mol. The Morgan fingerprint density at radius 1 is 0.880 bits per heavy atom. The van der Waals surface area contributed by atoms with Gasteiger partial charge in [0.15, 0.2) is 0 Å². The molecule has 8 heteroatoms. The predicted molar refractivity (Wildman–Crippen MR) is 94.1 cm³/mol. The van der Waals surface area contributed by atoms with Crippen molar-refractivity contribution >= 4 is 34.2 Å². The Kier molecular flexibility index (Phi) is 3.70. The second-order valence-electron chi connectivity index (χ2n) is 5.52. The van der Waals surface area contributed by atoms with Crippen LogP contribution in [0.4, 0.5) is 23.1 Å². The number of aromatic nitrogens is 5. The Morgan fingerprint density at radius 3 is 2.40 bits per heavy atom. The number of hydrogen-bond acceptors (Lipinski definition) is 8. The van der Waals surface area contributed by atoms with Gasteiger partial charge in [0.25, 0.3) is 5.71 Å². The lowest BCUT2D eigenvalue weighted by Crippen LogP contribution is -1.98. The minimum absolute atomic E-state index is 0.463. The van der Waals surface area contributed by atoms with Crippen molar-refractivity contribution in [3.05, 3.63) is 54.2 Å². The lowest BCUT2D eigenvalue weighted by molar-refractivity contribution is 0.442. The van der Waals surface area contributed by atoms with Gasteiger partial charge < -0.3 is 15.2 Å². The van der Waals surface area contributed by atoms with Gasteiger partial charge in [-0.2, -0.15) is 4.98 Å². The van der Waals surface area contributed by atoms with Crippen LogP contribution in [0.2, 0.25) is 0 Å². The van der Waals surface area contributed by atoms with Crippen LogP contribution in [-0.2, 0) is 0 Å². The third-order valence-corrected chi connectivity index (χ3v) is 3.64. The first-order valence-electron chi connectivity index (χ1n) is 7.70. The summed E-state index contributed by atoms with van der Waals surface area (Å²) in [6.45, 7) is 3.78. The zero-order valence-electron chi connectivity index (χ0n) is 13.7. The van der Waals surface area contributed by atoms with Gasteiger partial charge in [-0.05, 0) is 44.2 Å². The van der Waals surface area contributed by atoms with Crippen LogP contribution in [0, 0.1) is 13.8 Å². The normalized spacial score (nSPS) is 10.8. The zero-order valence-corrected chi connectivity index (χ0v) is 13.7. The highest BCUT2D eigenvalue weighted by Crippen LogP contribution is 2.26. The second-order valence-corrected chi connectivity index (χ2v) is 5.52. The Labute approximate surface area is 143 Å². The molecule has 3 aromatic heterocycles. The summed E-state index contributed by atoms with van der Waals surface area (Å²) >= 11 is 0. The third kappa shape index (κ3) is 3.09. The molecule has 1 aromatic carbocycles. The van der Waals surface area contributed by atoms with E-state index in [0.717, 1.165) is 28.1 Å². The van der Waals surface area contributed by atoms with Crippen molar-refractivity contribution in [2.45, 2.75) is 13.8 Å². The Morgan fingerprint density at radius 2 is 1.64 bits per heavy atom. The van der Waals surface area contributed by atoms with Crippen LogP contribution in [0.25, 0.3) is 11.1 Å². The quantitative estimate of drug-likeness (QED) is 0.585. The molecule has 4 rings (SSSR count). The molecule has 25 heavy (non-hydrogen) atoms. The van der Waals surface area contributed by atoms with Gasteiger partial charge >= 0.3 is 0 Å². The molecular weight excluding hydrogens is 318 g/mol. The minimum atomic E-state index is 0.463. The molecule has 8 nitrogen and oxygen atoms in total. The fraction of sp³-hybridized carbons (Fsp3) is 0.118. The van der Waals surface area contributed by atoms with Gasteiger partial charge in [0.05, 0.1) is 5.69 Å². The van der Waals surface area contributed by atoms with Crippen LogP contribution < -0.4 is 10.6 Å². The molecular formula is C17H15N7O. The smallest absolute Gasteiger partial charge is 0.263 e. The number of aryl methyl sites for hydroxylation is 2. The Hall–Kier alpha value is -3.55. The molecule has 0 saturated carbocycles. The number of hydrogen-bond donors (Lipinski definition) is 2. The summed E-state index contributed by atoms with van der Waals surface area (Å²) in [6.07, 6.45) is 3.17. The summed E-state index contributed by atoms with van der Waals surface area (Å²) in [4.78, 5) is 16.9. The van der Waals surface area contributed by atoms with E-state index in [1.165, 1.54) is 6.33 Å². The van der Waals surface area contributed by atoms with E-state index < -0.39 is 0 Å². The van der Waals surface area contributed by atoms with Crippen molar-refractivity contribution in [2.24, 2.45) is 0 Å². The number of nitrogens with one attached hydrogen (secondary N) is 2. The first-order chi connectivity index (χ1) is 12.2. The van der Waals surface area contributed by atoms with Gasteiger partial charge in [0, 0.05) is 23.3 Å². The van der Waals surface area contributed by atoms with Crippen LogP contribution in [0.5, 0.6) is 0 Å². The minimum Gasteiger partial charge on any atom is -0.339 e. The Bertz CT molecular complexity index is 1030. The van der Waals surface area contributed by atoms with Crippen molar-refractivity contribution < 1.29 is 4.52 Å². The van der Waals surface area contributed by atoms with Gasteiger partial charge in [-0.25, -0.2) is 15.0 Å². The predicted octanol–water partition coefficient (Wildman–Crippen LogP) is 3.51. The molecule has 0 aliphatic rings. The molecule has 3 heterocycles. The molecule has 0 unspecified atom stereocenters. The van der Waals surface area contributed by atoms with E-state index in [2.05, 4.69) is 35.7 Å². The fourth-order valence-electron chi connectivity index (χ4n) is 2.43. The first-order valence-corrected chi connectivity index (χ1v) is 7.70. The molecule has 0 aliphatic heterocycles. The van der Waals surface area contributed by atoms with Crippen LogP contribution >= 0.6 is 0 Å². The zero-order chi connectivity index (χ0) is 17.2. The van der Waals surface area contributed by atoms with E-state index in [1.807, 2.05) is 44.2 Å². The lowest BCUT2D eigenvalue weighted by Gasteiger charge is -2.08. The average Bonchev–Trinajstić information content (AvgIpc) is 2.99. The summed E-state index contributed by atoms with van der Waals surface area (Å²) in [7, 11) is 0. The highest BCUT2D eigenvalue weighted by molar-refractivity contribution is 5.89. The van der Waals surface area contributed by atoms with Crippen LogP contribution in [0.3, 0.4) is 0 Å². The molecule has 124 valence electrons. The monoisotopic (exact) mass is 333 g/mol. The van der Waals surface area contributed by atoms with Gasteiger partial charge in [0.1, 0.15) is 17.5 Å². The molecule has 4 aromatic rings. The van der Waals surface area contributed by atoms with Crippen molar-refractivity contribution in [1.82, 2.24) is 25.1 Å². The number of benzene rings is 1. The summed E-state index contributed by atoms with van der Waals surface area (Å²) in [5, 5.41) is 11.1. The molecule has 0 atom stereocenters. The van der Waals surface area contributed by atoms with Crippen LogP contribution in [0.1, 0.15) is 11.4 Å². The van der Waals surface area contributed by atoms with Gasteiger partial charge in [0.2, 0.25) is 5.95 Å². The molecule has 0 spiro atoms. The number of rotatable bonds is 4. The van der Waals surface area contributed by atoms with Gasteiger partial charge in [-0.3, -0.25) is 0 Å². The molecule has 2 N–H and O–H groups in total. The molecule has 0 aliphatic carbocycles. The van der Waals surface area contributed by atoms with Crippen molar-refractivity contribution in [2.75, 3.05) is 10.6 Å². The van der Waals surface area contributed by atoms with E-state index in [1.54, 1.807) is 6.20 Å². The van der Waals surface area contributed by atoms with E-state index in [-0.39, 0.29) is 0 Å². The van der Waals surface area contributed by atoms with Crippen molar-refractivity contribution in [1.29, 1.82) is 0 Å². The maximum absolute atomic E-state index is 5.16. The molecule has 0 amide bonds. The van der Waals surface area contributed by atoms with E-state index in [0.29, 0.717) is 17.5 Å². The van der Waals surface area contributed by atoms with E-state index in [4.69, 9.17) is 4.52 Å². The topological polar surface area (TPSA) is 102 Å². The highest BCUT2D eigenvalue weighted by Gasteiger charge is 2.12. The second kappa shape index (κ2) is 6.16. The lowest BCUT2D eigenvalue weighted by atomic mass is 10.2. The third-order valence-electron chi connectivity index (χ3n) is 3.64. The van der Waals surface area contributed by atoms with Crippen LogP contribution in [-0.4, -0.2) is 25.1 Å². The SMILES string of the molecule is Cc1ccnc(Nc2ccc(Nc3ncnc4onc(C)c34)cc2)n1. The molecule has 0 fully saturated rings. The summed E-state index contributed by atoms with van der Waals surface area (Å²) < 4.78 is 5.16. The maximum Gasteiger partial charge on any atom is 0.263 e. The Balaban J connectivity index is 1.55. The standard InChI is InChI=1S/C17H15N7O/c1-10-7-8-18-17(21-10)23-13-5-3-12(4-6-13)22-15-14-11(2)24-25-16(14)20-9-19-15/h3-9H,1-2H3,(H,18,21,23)(H,19,20,22). The van der Waals surface area contributed by atoms with E-state index >= 15 is 0 Å². The fourth-order valence-corrected chi connectivity index (χ4v) is 2.43. The summed E-state index contributed by atoms with van der Waals surface area (Å²) in [6, 6.07) is 9.61. The van der Waals surface area contributed by atoms with Gasteiger partial charge in [-0.15, -0.1) is 0 Å².